The first-order valence-electron chi connectivity index (χ1n) is 7.41. The van der Waals surface area contributed by atoms with E-state index in [0.717, 1.165) is 16.9 Å². The van der Waals surface area contributed by atoms with Crippen LogP contribution in [-0.2, 0) is 20.3 Å². The molecule has 0 unspecified atom stereocenters. The first-order valence-corrected chi connectivity index (χ1v) is 7.41. The van der Waals surface area contributed by atoms with Crippen molar-refractivity contribution in [3.63, 3.8) is 0 Å². The van der Waals surface area contributed by atoms with Gasteiger partial charge < -0.3 is 14.2 Å². The van der Waals surface area contributed by atoms with Crippen molar-refractivity contribution < 1.29 is 19.0 Å². The van der Waals surface area contributed by atoms with E-state index in [1.165, 1.54) is 7.11 Å². The Morgan fingerprint density at radius 3 is 1.73 bits per heavy atom. The van der Waals surface area contributed by atoms with Gasteiger partial charge in [0.25, 0.3) is 0 Å². The maximum Gasteiger partial charge on any atom is 0.337 e. The Balaban J connectivity index is 3.65. The number of benzene rings is 1. The van der Waals surface area contributed by atoms with Crippen LogP contribution in [0.5, 0.6) is 5.75 Å². The van der Waals surface area contributed by atoms with Gasteiger partial charge in [-0.2, -0.15) is 0 Å². The molecule has 22 heavy (non-hydrogen) atoms. The van der Waals surface area contributed by atoms with Gasteiger partial charge >= 0.3 is 5.97 Å². The molecular weight excluding hydrogens is 280 g/mol. The first kappa shape index (κ1) is 18.5. The number of rotatable bonds is 4. The number of ether oxygens (including phenoxy) is 3. The second-order valence-corrected chi connectivity index (χ2v) is 7.44. The van der Waals surface area contributed by atoms with Crippen molar-refractivity contribution in [2.24, 2.45) is 0 Å². The van der Waals surface area contributed by atoms with Gasteiger partial charge in [-0.25, -0.2) is 4.79 Å². The minimum absolute atomic E-state index is 0.170. The van der Waals surface area contributed by atoms with Crippen molar-refractivity contribution in [3.8, 4) is 5.75 Å². The molecule has 4 heteroatoms. The molecule has 124 valence electrons. The average molecular weight is 308 g/mol. The second-order valence-electron chi connectivity index (χ2n) is 7.44. The largest absolute Gasteiger partial charge is 0.467 e. The van der Waals surface area contributed by atoms with Crippen LogP contribution in [0.2, 0.25) is 0 Å². The summed E-state index contributed by atoms with van der Waals surface area (Å²) in [6.45, 7) is 12.7. The van der Waals surface area contributed by atoms with Crippen LogP contribution in [0.3, 0.4) is 0 Å². The normalized spacial score (nSPS) is 12.2. The molecule has 0 amide bonds. The minimum Gasteiger partial charge on any atom is -0.467 e. The van der Waals surface area contributed by atoms with Gasteiger partial charge in [0.1, 0.15) is 5.75 Å². The number of esters is 1. The quantitative estimate of drug-likeness (QED) is 0.622. The van der Waals surface area contributed by atoms with E-state index in [0.29, 0.717) is 5.56 Å². The van der Waals surface area contributed by atoms with E-state index in [1.807, 2.05) is 12.1 Å². The van der Waals surface area contributed by atoms with Gasteiger partial charge in [-0.3, -0.25) is 0 Å². The summed E-state index contributed by atoms with van der Waals surface area (Å²) in [7, 11) is 2.99. The summed E-state index contributed by atoms with van der Waals surface area (Å²) in [6, 6.07) is 3.71. The van der Waals surface area contributed by atoms with Gasteiger partial charge in [0, 0.05) is 18.2 Å². The van der Waals surface area contributed by atoms with E-state index >= 15 is 0 Å². The third-order valence-electron chi connectivity index (χ3n) is 3.45. The van der Waals surface area contributed by atoms with Crippen molar-refractivity contribution >= 4 is 5.97 Å². The van der Waals surface area contributed by atoms with Crippen LogP contribution < -0.4 is 4.74 Å². The van der Waals surface area contributed by atoms with Crippen LogP contribution >= 0.6 is 0 Å². The number of hydrogen-bond donors (Lipinski definition) is 0. The summed E-state index contributed by atoms with van der Waals surface area (Å²) in [6.07, 6.45) is 0. The fraction of sp³-hybridized carbons (Fsp3) is 0.611. The third kappa shape index (κ3) is 4.23. The summed E-state index contributed by atoms with van der Waals surface area (Å²) in [5.74, 6) is 0.448. The summed E-state index contributed by atoms with van der Waals surface area (Å²) in [5.41, 5.74) is 2.14. The van der Waals surface area contributed by atoms with Gasteiger partial charge in [-0.05, 0) is 23.0 Å². The van der Waals surface area contributed by atoms with Crippen LogP contribution in [0.25, 0.3) is 0 Å². The van der Waals surface area contributed by atoms with Gasteiger partial charge in [0.15, 0.2) is 6.79 Å². The Kier molecular flexibility index (Phi) is 5.63. The molecule has 0 bridgehead atoms. The zero-order valence-electron chi connectivity index (χ0n) is 15.0. The van der Waals surface area contributed by atoms with Crippen molar-refractivity contribution in [3.05, 3.63) is 28.8 Å². The fourth-order valence-corrected chi connectivity index (χ4v) is 2.25. The molecule has 0 saturated carbocycles. The molecule has 0 radical (unpaired) electrons. The van der Waals surface area contributed by atoms with Crippen molar-refractivity contribution in [1.29, 1.82) is 0 Å². The highest BCUT2D eigenvalue weighted by Gasteiger charge is 2.29. The lowest BCUT2D eigenvalue weighted by molar-refractivity contribution is 0.0483. The maximum atomic E-state index is 12.0. The van der Waals surface area contributed by atoms with Crippen LogP contribution in [-0.4, -0.2) is 27.0 Å². The molecule has 1 aromatic rings. The average Bonchev–Trinajstić information content (AvgIpc) is 2.41. The van der Waals surface area contributed by atoms with E-state index in [-0.39, 0.29) is 23.6 Å². The van der Waals surface area contributed by atoms with E-state index in [1.54, 1.807) is 7.11 Å². The Labute approximate surface area is 133 Å². The molecule has 0 heterocycles. The molecular formula is C18H28O4. The molecule has 0 spiro atoms. The highest BCUT2D eigenvalue weighted by Crippen LogP contribution is 2.40. The molecule has 0 atom stereocenters. The minimum atomic E-state index is -0.339. The lowest BCUT2D eigenvalue weighted by Gasteiger charge is -2.30. The van der Waals surface area contributed by atoms with Crippen LogP contribution in [0.4, 0.5) is 0 Å². The zero-order chi connectivity index (χ0) is 17.1. The second kappa shape index (κ2) is 6.69. The van der Waals surface area contributed by atoms with Gasteiger partial charge in [0.2, 0.25) is 0 Å². The molecule has 0 aliphatic heterocycles. The first-order chi connectivity index (χ1) is 10.0. The van der Waals surface area contributed by atoms with Crippen molar-refractivity contribution in [2.45, 2.75) is 52.4 Å². The van der Waals surface area contributed by atoms with Gasteiger partial charge in [0.05, 0.1) is 12.7 Å². The monoisotopic (exact) mass is 308 g/mol. The Morgan fingerprint density at radius 2 is 1.41 bits per heavy atom. The van der Waals surface area contributed by atoms with Crippen LogP contribution in [0, 0.1) is 0 Å². The van der Waals surface area contributed by atoms with Gasteiger partial charge in [-0.15, -0.1) is 0 Å². The smallest absolute Gasteiger partial charge is 0.337 e. The summed E-state index contributed by atoms with van der Waals surface area (Å²) in [5, 5.41) is 0. The fourth-order valence-electron chi connectivity index (χ4n) is 2.25. The lowest BCUT2D eigenvalue weighted by Crippen LogP contribution is -2.22. The molecule has 0 fully saturated rings. The van der Waals surface area contributed by atoms with Crippen LogP contribution in [0.1, 0.15) is 63.0 Å². The topological polar surface area (TPSA) is 44.8 Å². The molecule has 0 N–H and O–H groups in total. The molecule has 0 aromatic heterocycles. The van der Waals surface area contributed by atoms with E-state index in [9.17, 15) is 4.79 Å². The number of hydrogen-bond acceptors (Lipinski definition) is 4. The Bertz CT molecular complexity index is 498. The molecule has 4 nitrogen and oxygen atoms in total. The van der Waals surface area contributed by atoms with E-state index < -0.39 is 0 Å². The summed E-state index contributed by atoms with van der Waals surface area (Å²) in [4.78, 5) is 12.0. The standard InChI is InChI=1S/C18H28O4/c1-17(2,3)13-9-12(16(19)21-8)10-14(18(4,5)6)15(13)22-11-20-7/h9-10H,11H2,1-8H3. The lowest BCUT2D eigenvalue weighted by atomic mass is 9.78. The molecule has 1 rings (SSSR count). The van der Waals surface area contributed by atoms with Crippen molar-refractivity contribution in [1.82, 2.24) is 0 Å². The molecule has 1 aromatic carbocycles. The van der Waals surface area contributed by atoms with Gasteiger partial charge in [-0.1, -0.05) is 41.5 Å². The summed E-state index contributed by atoms with van der Waals surface area (Å²) >= 11 is 0. The summed E-state index contributed by atoms with van der Waals surface area (Å²) < 4.78 is 15.8. The number of methoxy groups -OCH3 is 2. The number of carbonyl (C=O) groups excluding carboxylic acids is 1. The van der Waals surface area contributed by atoms with E-state index in [4.69, 9.17) is 14.2 Å². The Morgan fingerprint density at radius 1 is 0.955 bits per heavy atom. The molecule has 0 saturated heterocycles. The highest BCUT2D eigenvalue weighted by molar-refractivity contribution is 5.90. The highest BCUT2D eigenvalue weighted by atomic mass is 16.7. The third-order valence-corrected chi connectivity index (χ3v) is 3.45. The SMILES string of the molecule is COCOc1c(C(C)(C)C)cc(C(=O)OC)cc1C(C)(C)C. The molecule has 0 aliphatic rings. The van der Waals surface area contributed by atoms with E-state index in [2.05, 4.69) is 41.5 Å². The van der Waals surface area contributed by atoms with Crippen LogP contribution in [0.15, 0.2) is 12.1 Å². The predicted molar refractivity (Wildman–Crippen MR) is 87.7 cm³/mol. The Hall–Kier alpha value is -1.55. The van der Waals surface area contributed by atoms with Crippen molar-refractivity contribution in [2.75, 3.05) is 21.0 Å². The zero-order valence-corrected chi connectivity index (χ0v) is 15.0. The predicted octanol–water partition coefficient (Wildman–Crippen LogP) is 4.05. The molecule has 0 aliphatic carbocycles. The maximum absolute atomic E-state index is 12.0. The number of carbonyl (C=O) groups is 1.